The number of unbranched alkanes of at least 4 members (excludes halogenated alkanes) is 14. The number of rotatable bonds is 45. The van der Waals surface area contributed by atoms with Crippen molar-refractivity contribution >= 4 is 17.9 Å². The molecule has 1 N–H and O–H groups in total. The number of carboxylic acid groups (broad SMARTS) is 1. The smallest absolute Gasteiger partial charge is 0.361 e. The predicted octanol–water partition coefficient (Wildman–Crippen LogP) is 14.2. The van der Waals surface area contributed by atoms with Crippen molar-refractivity contribution < 1.29 is 42.9 Å². The third-order valence-electron chi connectivity index (χ3n) is 10.3. The Labute approximate surface area is 397 Å². The fourth-order valence-corrected chi connectivity index (χ4v) is 6.46. The summed E-state index contributed by atoms with van der Waals surface area (Å²) in [6, 6.07) is 0. The van der Waals surface area contributed by atoms with Gasteiger partial charge in [-0.1, -0.05) is 175 Å². The largest absolute Gasteiger partial charge is 0.477 e. The second-order valence-corrected chi connectivity index (χ2v) is 17.7. The van der Waals surface area contributed by atoms with Crippen LogP contribution in [0.15, 0.2) is 97.2 Å². The number of nitrogens with zero attached hydrogens (tertiary/aromatic N) is 1. The number of carbonyl (C=O) groups is 3. The van der Waals surface area contributed by atoms with Crippen LogP contribution < -0.4 is 0 Å². The minimum absolute atomic E-state index is 0.178. The van der Waals surface area contributed by atoms with Gasteiger partial charge in [-0.15, -0.1) is 0 Å². The molecule has 9 heteroatoms. The lowest BCUT2D eigenvalue weighted by molar-refractivity contribution is -0.870. The van der Waals surface area contributed by atoms with Crippen molar-refractivity contribution in [1.29, 1.82) is 0 Å². The van der Waals surface area contributed by atoms with Gasteiger partial charge in [0.25, 0.3) is 6.29 Å². The Kier molecular flexibility index (Phi) is 44.0. The molecule has 0 heterocycles. The zero-order valence-electron chi connectivity index (χ0n) is 41.9. The predicted molar refractivity (Wildman–Crippen MR) is 272 cm³/mol. The van der Waals surface area contributed by atoms with Crippen LogP contribution in [0.2, 0.25) is 0 Å². The summed E-state index contributed by atoms with van der Waals surface area (Å²) in [6.45, 7) is 4.60. The van der Waals surface area contributed by atoms with Crippen LogP contribution in [0.4, 0.5) is 0 Å². The molecule has 0 aromatic carbocycles. The Morgan fingerprint density at radius 1 is 0.462 bits per heavy atom. The monoisotopic (exact) mass is 909 g/mol. The van der Waals surface area contributed by atoms with Crippen LogP contribution >= 0.6 is 0 Å². The molecule has 9 nitrogen and oxygen atoms in total. The highest BCUT2D eigenvalue weighted by molar-refractivity contribution is 5.71. The van der Waals surface area contributed by atoms with Gasteiger partial charge in [0.1, 0.15) is 13.2 Å². The highest BCUT2D eigenvalue weighted by Crippen LogP contribution is 2.14. The second kappa shape index (κ2) is 46.7. The van der Waals surface area contributed by atoms with Crippen molar-refractivity contribution in [2.45, 2.75) is 193 Å². The van der Waals surface area contributed by atoms with Gasteiger partial charge in [0.2, 0.25) is 0 Å². The van der Waals surface area contributed by atoms with Crippen molar-refractivity contribution in [3.05, 3.63) is 97.2 Å². The van der Waals surface area contributed by atoms with E-state index in [0.29, 0.717) is 17.4 Å². The summed E-state index contributed by atoms with van der Waals surface area (Å²) in [6.07, 6.45) is 58.9. The van der Waals surface area contributed by atoms with E-state index in [0.717, 1.165) is 116 Å². The molecule has 0 saturated heterocycles. The van der Waals surface area contributed by atoms with Gasteiger partial charge in [0.05, 0.1) is 34.4 Å². The molecule has 0 aliphatic rings. The lowest BCUT2D eigenvalue weighted by atomic mass is 10.1. The van der Waals surface area contributed by atoms with E-state index in [1.54, 1.807) is 0 Å². The van der Waals surface area contributed by atoms with E-state index in [9.17, 15) is 19.5 Å². The molecule has 0 aromatic rings. The topological polar surface area (TPSA) is 108 Å². The van der Waals surface area contributed by atoms with Crippen LogP contribution in [-0.2, 0) is 33.3 Å². The van der Waals surface area contributed by atoms with E-state index < -0.39 is 24.3 Å². The van der Waals surface area contributed by atoms with Gasteiger partial charge >= 0.3 is 17.9 Å². The summed E-state index contributed by atoms with van der Waals surface area (Å²) in [5, 5.41) is 9.67. The molecule has 2 unspecified atom stereocenters. The van der Waals surface area contributed by atoms with Crippen LogP contribution in [-0.4, -0.2) is 87.4 Å². The molecule has 0 aliphatic heterocycles. The van der Waals surface area contributed by atoms with Crippen molar-refractivity contribution in [2.75, 3.05) is 47.5 Å². The number of hydrogen-bond donors (Lipinski definition) is 1. The normalized spacial score (nSPS) is 13.7. The van der Waals surface area contributed by atoms with Crippen LogP contribution in [0.25, 0.3) is 0 Å². The molecule has 0 saturated carbocycles. The molecule has 0 radical (unpaired) electrons. The first-order chi connectivity index (χ1) is 31.6. The van der Waals surface area contributed by atoms with Gasteiger partial charge in [-0.2, -0.15) is 0 Å². The summed E-state index contributed by atoms with van der Waals surface area (Å²) in [4.78, 5) is 37.3. The maximum absolute atomic E-state index is 12.8. The quantitative estimate of drug-likeness (QED) is 0.0212. The highest BCUT2D eigenvalue weighted by Gasteiger charge is 2.25. The number of esters is 2. The van der Waals surface area contributed by atoms with Gasteiger partial charge < -0.3 is 28.5 Å². The fraction of sp³-hybridized carbons (Fsp3) is 0.661. The number of carboxylic acids is 1. The van der Waals surface area contributed by atoms with Crippen LogP contribution in [0.5, 0.6) is 0 Å². The van der Waals surface area contributed by atoms with Crippen molar-refractivity contribution in [1.82, 2.24) is 0 Å². The van der Waals surface area contributed by atoms with Crippen LogP contribution in [0, 0.1) is 0 Å². The molecule has 0 rings (SSSR count). The minimum Gasteiger partial charge on any atom is -0.477 e. The molecule has 0 spiro atoms. The summed E-state index contributed by atoms with van der Waals surface area (Å²) in [5.41, 5.74) is 0. The Morgan fingerprint density at radius 3 is 1.23 bits per heavy atom. The molecule has 65 heavy (non-hydrogen) atoms. The molecular weight excluding hydrogens is 815 g/mol. The van der Waals surface area contributed by atoms with Crippen molar-refractivity contribution in [3.63, 3.8) is 0 Å². The number of carbonyl (C=O) groups excluding carboxylic acids is 2. The molecule has 0 amide bonds. The standard InChI is InChI=1S/C56H93NO8/c1-6-8-10-12-14-16-18-20-22-24-26-27-29-31-33-35-37-39-41-43-45-47-54(59)65-52(51-64-56(55(60)61)62-49-48-57(3,4)5)50-63-53(58)46-44-42-40-38-36-34-32-30-28-25-23-21-19-17-15-13-11-9-7-2/h8-11,14-17,20-23,26-28,30,52,56H,6-7,12-13,18-19,24-25,29,31-51H2,1-5H3/p+1/b10-8-,11-9-,16-14-,17-15-,22-20-,23-21-,27-26-,30-28-. The maximum Gasteiger partial charge on any atom is 0.361 e. The Bertz CT molecular complexity index is 1380. The molecule has 370 valence electrons. The lowest BCUT2D eigenvalue weighted by Gasteiger charge is -2.25. The van der Waals surface area contributed by atoms with Crippen LogP contribution in [0.3, 0.4) is 0 Å². The maximum atomic E-state index is 12.8. The van der Waals surface area contributed by atoms with E-state index >= 15 is 0 Å². The number of likely N-dealkylation sites (N-methyl/N-ethyl adjacent to an activating group) is 1. The zero-order chi connectivity index (χ0) is 47.7. The number of quaternary nitrogens is 1. The SMILES string of the molecule is CC/C=C\C/C=C\C/C=C\C/C=C\CCCCCCCCCCC(=O)OC(COC(=O)CCCCCCCC/C=C\C/C=C\C/C=C\C/C=C\CC)COC(OCC[N+](C)(C)C)C(=O)O. The average Bonchev–Trinajstić information content (AvgIpc) is 3.27. The van der Waals surface area contributed by atoms with Crippen molar-refractivity contribution in [2.24, 2.45) is 0 Å². The Morgan fingerprint density at radius 2 is 0.831 bits per heavy atom. The highest BCUT2D eigenvalue weighted by atomic mass is 16.7. The van der Waals surface area contributed by atoms with Crippen LogP contribution in [0.1, 0.15) is 181 Å². The Hall–Kier alpha value is -3.79. The summed E-state index contributed by atoms with van der Waals surface area (Å²) < 4.78 is 22.8. The zero-order valence-corrected chi connectivity index (χ0v) is 41.9. The molecular formula is C56H94NO8+. The lowest BCUT2D eigenvalue weighted by Crippen LogP contribution is -2.40. The van der Waals surface area contributed by atoms with Crippen molar-refractivity contribution in [3.8, 4) is 0 Å². The molecule has 0 aliphatic carbocycles. The Balaban J connectivity index is 4.41. The van der Waals surface area contributed by atoms with E-state index in [4.69, 9.17) is 18.9 Å². The number of ether oxygens (including phenoxy) is 4. The first kappa shape index (κ1) is 61.2. The van der Waals surface area contributed by atoms with Gasteiger partial charge in [-0.3, -0.25) is 9.59 Å². The number of hydrogen-bond acceptors (Lipinski definition) is 7. The van der Waals surface area contributed by atoms with E-state index in [-0.39, 0.29) is 38.6 Å². The third kappa shape index (κ3) is 48.0. The minimum atomic E-state index is -1.52. The first-order valence-electron chi connectivity index (χ1n) is 25.4. The van der Waals surface area contributed by atoms with E-state index in [1.807, 2.05) is 21.1 Å². The summed E-state index contributed by atoms with van der Waals surface area (Å²) in [5.74, 6) is -2.05. The molecule has 0 bridgehead atoms. The van der Waals surface area contributed by atoms with Gasteiger partial charge in [-0.25, -0.2) is 4.79 Å². The summed E-state index contributed by atoms with van der Waals surface area (Å²) >= 11 is 0. The van der Waals surface area contributed by atoms with Gasteiger partial charge in [0.15, 0.2) is 6.10 Å². The van der Waals surface area contributed by atoms with Gasteiger partial charge in [0, 0.05) is 12.8 Å². The fourth-order valence-electron chi connectivity index (χ4n) is 6.46. The second-order valence-electron chi connectivity index (χ2n) is 17.7. The first-order valence-corrected chi connectivity index (χ1v) is 25.4. The van der Waals surface area contributed by atoms with E-state index in [1.165, 1.54) is 32.1 Å². The average molecular weight is 909 g/mol. The molecule has 2 atom stereocenters. The van der Waals surface area contributed by atoms with Gasteiger partial charge in [-0.05, 0) is 89.9 Å². The summed E-state index contributed by atoms with van der Waals surface area (Å²) in [7, 11) is 5.94. The third-order valence-corrected chi connectivity index (χ3v) is 10.3. The number of aliphatic carboxylic acids is 1. The van der Waals surface area contributed by atoms with E-state index in [2.05, 4.69) is 111 Å². The molecule has 0 aromatic heterocycles. The number of allylic oxidation sites excluding steroid dienone is 16. The molecule has 0 fully saturated rings.